The van der Waals surface area contributed by atoms with Crippen molar-refractivity contribution in [2.24, 2.45) is 0 Å². The molecule has 1 fully saturated rings. The number of thioether (sulfide) groups is 1. The molecular formula is C22H20N2OS2. The van der Waals surface area contributed by atoms with Gasteiger partial charge < -0.3 is 4.90 Å². The van der Waals surface area contributed by atoms with Crippen LogP contribution in [0.25, 0.3) is 6.08 Å². The van der Waals surface area contributed by atoms with Crippen LogP contribution in [-0.2, 0) is 11.2 Å². The van der Waals surface area contributed by atoms with Gasteiger partial charge in [0.1, 0.15) is 9.23 Å². The first kappa shape index (κ1) is 18.0. The summed E-state index contributed by atoms with van der Waals surface area (Å²) in [7, 11) is 0. The van der Waals surface area contributed by atoms with E-state index in [1.54, 1.807) is 4.90 Å². The summed E-state index contributed by atoms with van der Waals surface area (Å²) in [6.45, 7) is 3.51. The van der Waals surface area contributed by atoms with Gasteiger partial charge in [0, 0.05) is 18.8 Å². The van der Waals surface area contributed by atoms with Crippen molar-refractivity contribution < 1.29 is 4.79 Å². The second-order valence-corrected chi connectivity index (χ2v) is 8.06. The SMILES string of the molecule is CCN1/C(=C2/SC(=S)N(CCc3ccccc3)C2=O)C=Cc2ccccc21. The van der Waals surface area contributed by atoms with Crippen LogP contribution in [-0.4, -0.2) is 28.2 Å². The summed E-state index contributed by atoms with van der Waals surface area (Å²) < 4.78 is 0.641. The lowest BCUT2D eigenvalue weighted by atomic mass is 10.1. The molecule has 0 radical (unpaired) electrons. The number of carbonyl (C=O) groups is 1. The Labute approximate surface area is 169 Å². The zero-order valence-electron chi connectivity index (χ0n) is 15.1. The van der Waals surface area contributed by atoms with Crippen molar-refractivity contribution in [2.45, 2.75) is 13.3 Å². The average Bonchev–Trinajstić information content (AvgIpc) is 2.99. The number of allylic oxidation sites excluding steroid dienone is 1. The standard InChI is InChI=1S/C22H20N2OS2/c1-2-23-18-11-7-6-10-17(18)12-13-19(23)20-21(25)24(22(26)27-20)15-14-16-8-4-3-5-9-16/h3-13H,2,14-15H2,1H3/b20-19+. The Morgan fingerprint density at radius 3 is 2.48 bits per heavy atom. The van der Waals surface area contributed by atoms with E-state index in [0.717, 1.165) is 29.3 Å². The Kier molecular flexibility index (Phi) is 5.14. The Hall–Kier alpha value is -2.37. The van der Waals surface area contributed by atoms with Crippen LogP contribution in [0.4, 0.5) is 5.69 Å². The number of hydrogen-bond acceptors (Lipinski definition) is 4. The Balaban J connectivity index is 1.61. The fraction of sp³-hybridized carbons (Fsp3) is 0.182. The second kappa shape index (κ2) is 7.71. The van der Waals surface area contributed by atoms with Gasteiger partial charge in [0.25, 0.3) is 5.91 Å². The number of anilines is 1. The lowest BCUT2D eigenvalue weighted by Gasteiger charge is -2.30. The maximum absolute atomic E-state index is 13.1. The quantitative estimate of drug-likeness (QED) is 0.548. The minimum absolute atomic E-state index is 0.0124. The van der Waals surface area contributed by atoms with Crippen LogP contribution in [0.5, 0.6) is 0 Å². The molecule has 0 N–H and O–H groups in total. The molecule has 0 bridgehead atoms. The first-order valence-corrected chi connectivity index (χ1v) is 10.3. The lowest BCUT2D eigenvalue weighted by Crippen LogP contribution is -2.32. The number of fused-ring (bicyclic) bond motifs is 1. The van der Waals surface area contributed by atoms with Crippen LogP contribution in [0.15, 0.2) is 71.3 Å². The molecule has 2 aliphatic rings. The molecule has 4 rings (SSSR count). The third-order valence-corrected chi connectivity index (χ3v) is 6.26. The molecule has 2 heterocycles. The summed E-state index contributed by atoms with van der Waals surface area (Å²) >= 11 is 6.94. The molecule has 0 unspecified atom stereocenters. The van der Waals surface area contributed by atoms with E-state index in [9.17, 15) is 4.79 Å². The van der Waals surface area contributed by atoms with Gasteiger partial charge in [-0.25, -0.2) is 0 Å². The fourth-order valence-corrected chi connectivity index (χ4v) is 4.80. The molecule has 1 saturated heterocycles. The van der Waals surface area contributed by atoms with E-state index in [2.05, 4.69) is 42.2 Å². The maximum atomic E-state index is 13.1. The van der Waals surface area contributed by atoms with Crippen LogP contribution in [0.1, 0.15) is 18.1 Å². The van der Waals surface area contributed by atoms with Crippen molar-refractivity contribution in [3.63, 3.8) is 0 Å². The molecule has 136 valence electrons. The van der Waals surface area contributed by atoms with E-state index in [-0.39, 0.29) is 5.91 Å². The number of rotatable bonds is 4. The van der Waals surface area contributed by atoms with E-state index < -0.39 is 0 Å². The molecule has 0 saturated carbocycles. The topological polar surface area (TPSA) is 23.6 Å². The van der Waals surface area contributed by atoms with Gasteiger partial charge in [0.2, 0.25) is 0 Å². The number of benzene rings is 2. The van der Waals surface area contributed by atoms with E-state index in [4.69, 9.17) is 12.2 Å². The van der Waals surface area contributed by atoms with E-state index >= 15 is 0 Å². The second-order valence-electron chi connectivity index (χ2n) is 6.41. The summed E-state index contributed by atoms with van der Waals surface area (Å²) in [5, 5.41) is 0. The van der Waals surface area contributed by atoms with E-state index in [1.165, 1.54) is 22.9 Å². The van der Waals surface area contributed by atoms with E-state index in [0.29, 0.717) is 10.9 Å². The lowest BCUT2D eigenvalue weighted by molar-refractivity contribution is -0.122. The molecule has 2 aliphatic heterocycles. The number of likely N-dealkylation sites (N-methyl/N-ethyl adjacent to an activating group) is 1. The van der Waals surface area contributed by atoms with Crippen molar-refractivity contribution in [3.8, 4) is 0 Å². The van der Waals surface area contributed by atoms with Crippen LogP contribution in [0.2, 0.25) is 0 Å². The third-order valence-electron chi connectivity index (χ3n) is 4.80. The minimum atomic E-state index is 0.0124. The predicted molar refractivity (Wildman–Crippen MR) is 118 cm³/mol. The Bertz CT molecular complexity index is 950. The third kappa shape index (κ3) is 3.45. The molecular weight excluding hydrogens is 372 g/mol. The van der Waals surface area contributed by atoms with Gasteiger partial charge in [0.05, 0.1) is 5.70 Å². The van der Waals surface area contributed by atoms with Crippen molar-refractivity contribution in [3.05, 3.63) is 82.4 Å². The van der Waals surface area contributed by atoms with Gasteiger partial charge >= 0.3 is 0 Å². The van der Waals surface area contributed by atoms with Crippen molar-refractivity contribution in [1.29, 1.82) is 0 Å². The summed E-state index contributed by atoms with van der Waals surface area (Å²) in [6, 6.07) is 18.4. The van der Waals surface area contributed by atoms with Crippen LogP contribution in [0.3, 0.4) is 0 Å². The smallest absolute Gasteiger partial charge is 0.268 e. The normalized spacial score (nSPS) is 19.0. The van der Waals surface area contributed by atoms with Gasteiger partial charge in [0.15, 0.2) is 0 Å². The highest BCUT2D eigenvalue weighted by molar-refractivity contribution is 8.26. The summed E-state index contributed by atoms with van der Waals surface area (Å²) in [5.41, 5.74) is 4.45. The molecule has 5 heteroatoms. The summed E-state index contributed by atoms with van der Waals surface area (Å²) in [6.07, 6.45) is 4.91. The van der Waals surface area contributed by atoms with E-state index in [1.807, 2.05) is 36.4 Å². The molecule has 0 aliphatic carbocycles. The zero-order chi connectivity index (χ0) is 18.8. The highest BCUT2D eigenvalue weighted by Gasteiger charge is 2.35. The molecule has 1 amide bonds. The Morgan fingerprint density at radius 2 is 1.70 bits per heavy atom. The molecule has 0 atom stereocenters. The molecule has 0 aromatic heterocycles. The molecule has 2 aromatic carbocycles. The number of nitrogens with zero attached hydrogens (tertiary/aromatic N) is 2. The van der Waals surface area contributed by atoms with Gasteiger partial charge in [-0.3, -0.25) is 9.69 Å². The number of para-hydroxylation sites is 1. The summed E-state index contributed by atoms with van der Waals surface area (Å²) in [4.78, 5) is 17.8. The van der Waals surface area contributed by atoms with Crippen LogP contribution < -0.4 is 4.90 Å². The predicted octanol–water partition coefficient (Wildman–Crippen LogP) is 4.85. The number of carbonyl (C=O) groups excluding carboxylic acids is 1. The number of hydrogen-bond donors (Lipinski definition) is 0. The highest BCUT2D eigenvalue weighted by Crippen LogP contribution is 2.39. The minimum Gasteiger partial charge on any atom is -0.340 e. The first-order valence-electron chi connectivity index (χ1n) is 9.05. The van der Waals surface area contributed by atoms with Crippen molar-refractivity contribution >= 4 is 46.0 Å². The van der Waals surface area contributed by atoms with Gasteiger partial charge in [-0.1, -0.05) is 78.6 Å². The average molecular weight is 393 g/mol. The van der Waals surface area contributed by atoms with Gasteiger partial charge in [-0.15, -0.1) is 0 Å². The van der Waals surface area contributed by atoms with Crippen molar-refractivity contribution in [2.75, 3.05) is 18.0 Å². The molecule has 0 spiro atoms. The maximum Gasteiger partial charge on any atom is 0.268 e. The zero-order valence-corrected chi connectivity index (χ0v) is 16.7. The van der Waals surface area contributed by atoms with Crippen molar-refractivity contribution in [1.82, 2.24) is 4.90 Å². The van der Waals surface area contributed by atoms with Gasteiger partial charge in [-0.05, 0) is 36.6 Å². The largest absolute Gasteiger partial charge is 0.340 e. The van der Waals surface area contributed by atoms with Crippen LogP contribution >= 0.6 is 24.0 Å². The summed E-state index contributed by atoms with van der Waals surface area (Å²) in [5.74, 6) is 0.0124. The Morgan fingerprint density at radius 1 is 0.963 bits per heavy atom. The molecule has 3 nitrogen and oxygen atoms in total. The monoisotopic (exact) mass is 392 g/mol. The number of amides is 1. The highest BCUT2D eigenvalue weighted by atomic mass is 32.2. The molecule has 27 heavy (non-hydrogen) atoms. The fourth-order valence-electron chi connectivity index (χ4n) is 3.43. The molecule has 2 aromatic rings. The first-order chi connectivity index (χ1) is 13.2. The van der Waals surface area contributed by atoms with Gasteiger partial charge in [-0.2, -0.15) is 0 Å². The number of thiocarbonyl (C=S) groups is 1. The van der Waals surface area contributed by atoms with Crippen LogP contribution in [0, 0.1) is 0 Å².